The molecule has 2 aromatic rings. The summed E-state index contributed by atoms with van der Waals surface area (Å²) in [5.74, 6) is -1.95. The first-order valence-corrected chi connectivity index (χ1v) is 10.1. The van der Waals surface area contributed by atoms with Gasteiger partial charge in [-0.25, -0.2) is 0 Å². The van der Waals surface area contributed by atoms with E-state index in [1.807, 2.05) is 39.8 Å². The van der Waals surface area contributed by atoms with Crippen LogP contribution in [0.2, 0.25) is 0 Å². The van der Waals surface area contributed by atoms with E-state index in [0.29, 0.717) is 16.8 Å². The minimum atomic E-state index is -1.02. The molecule has 0 fully saturated rings. The third-order valence-corrected chi connectivity index (χ3v) is 5.27. The highest BCUT2D eigenvalue weighted by atomic mass is 16.5. The van der Waals surface area contributed by atoms with Crippen LogP contribution in [-0.2, 0) is 14.3 Å². The van der Waals surface area contributed by atoms with Crippen LogP contribution in [0.3, 0.4) is 0 Å². The second-order valence-electron chi connectivity index (χ2n) is 7.96. The monoisotopic (exact) mass is 422 g/mol. The topological polar surface area (TPSA) is 92.8 Å². The molecule has 1 aliphatic heterocycles. The molecular weight excluding hydrogens is 396 g/mol. The third kappa shape index (κ3) is 4.66. The molecule has 0 aliphatic carbocycles. The van der Waals surface area contributed by atoms with Gasteiger partial charge in [-0.3, -0.25) is 24.1 Å². The first kappa shape index (κ1) is 22.2. The van der Waals surface area contributed by atoms with Crippen LogP contribution in [0.15, 0.2) is 30.3 Å². The fourth-order valence-corrected chi connectivity index (χ4v) is 3.72. The number of anilines is 1. The van der Waals surface area contributed by atoms with Gasteiger partial charge in [-0.2, -0.15) is 0 Å². The van der Waals surface area contributed by atoms with Gasteiger partial charge in [-0.05, 0) is 57.9 Å². The average Bonchev–Trinajstić information content (AvgIpc) is 2.92. The Balaban J connectivity index is 1.56. The maximum atomic E-state index is 12.5. The van der Waals surface area contributed by atoms with Crippen LogP contribution in [0.4, 0.5) is 5.69 Å². The van der Waals surface area contributed by atoms with E-state index in [0.717, 1.165) is 27.2 Å². The number of nitrogens with one attached hydrogen (secondary N) is 1. The lowest BCUT2D eigenvalue weighted by Gasteiger charge is -2.18. The van der Waals surface area contributed by atoms with E-state index in [2.05, 4.69) is 5.32 Å². The van der Waals surface area contributed by atoms with Gasteiger partial charge in [0.1, 0.15) is 0 Å². The van der Waals surface area contributed by atoms with Gasteiger partial charge < -0.3 is 10.1 Å². The van der Waals surface area contributed by atoms with E-state index in [1.54, 1.807) is 18.2 Å². The molecule has 7 nitrogen and oxygen atoms in total. The van der Waals surface area contributed by atoms with Gasteiger partial charge >= 0.3 is 5.97 Å². The number of carbonyl (C=O) groups excluding carboxylic acids is 4. The largest absolute Gasteiger partial charge is 0.452 e. The van der Waals surface area contributed by atoms with E-state index in [1.165, 1.54) is 6.92 Å². The third-order valence-electron chi connectivity index (χ3n) is 5.27. The van der Waals surface area contributed by atoms with Crippen molar-refractivity contribution in [3.8, 4) is 0 Å². The molecule has 1 unspecified atom stereocenters. The molecule has 0 saturated heterocycles. The maximum absolute atomic E-state index is 12.5. The molecule has 0 spiro atoms. The Morgan fingerprint density at radius 1 is 0.935 bits per heavy atom. The lowest BCUT2D eigenvalue weighted by molar-refractivity contribution is -0.153. The van der Waals surface area contributed by atoms with Crippen molar-refractivity contribution in [2.45, 2.75) is 47.1 Å². The number of amides is 3. The molecule has 0 aromatic heterocycles. The zero-order valence-electron chi connectivity index (χ0n) is 18.4. The molecule has 7 heteroatoms. The first-order chi connectivity index (χ1) is 14.6. The molecule has 0 saturated carbocycles. The lowest BCUT2D eigenvalue weighted by atomic mass is 10.0. The van der Waals surface area contributed by atoms with Crippen molar-refractivity contribution >= 4 is 29.4 Å². The number of ether oxygens (including phenoxy) is 1. The highest BCUT2D eigenvalue weighted by Gasteiger charge is 2.35. The Morgan fingerprint density at radius 3 is 2.19 bits per heavy atom. The van der Waals surface area contributed by atoms with Gasteiger partial charge in [0.05, 0.1) is 17.5 Å². The van der Waals surface area contributed by atoms with Crippen molar-refractivity contribution < 1.29 is 23.9 Å². The first-order valence-electron chi connectivity index (χ1n) is 10.1. The smallest absolute Gasteiger partial charge is 0.308 e. The second-order valence-corrected chi connectivity index (χ2v) is 7.96. The Morgan fingerprint density at radius 2 is 1.55 bits per heavy atom. The summed E-state index contributed by atoms with van der Waals surface area (Å²) >= 11 is 0. The molecule has 2 aromatic carbocycles. The van der Waals surface area contributed by atoms with E-state index in [4.69, 9.17) is 4.74 Å². The van der Waals surface area contributed by atoms with E-state index in [9.17, 15) is 19.2 Å². The summed E-state index contributed by atoms with van der Waals surface area (Å²) in [4.78, 5) is 50.7. The van der Waals surface area contributed by atoms with E-state index in [-0.39, 0.29) is 13.0 Å². The van der Waals surface area contributed by atoms with E-state index < -0.39 is 29.8 Å². The predicted molar refractivity (Wildman–Crippen MR) is 116 cm³/mol. The summed E-state index contributed by atoms with van der Waals surface area (Å²) in [6.45, 7) is 8.99. The summed E-state index contributed by atoms with van der Waals surface area (Å²) in [6, 6.07) is 8.96. The number of nitrogens with zero attached hydrogens (tertiary/aromatic N) is 1. The van der Waals surface area contributed by atoms with Crippen molar-refractivity contribution in [2.75, 3.05) is 11.9 Å². The fraction of sp³-hybridized carbons (Fsp3) is 0.333. The molecule has 1 aliphatic rings. The highest BCUT2D eigenvalue weighted by molar-refractivity contribution is 6.21. The Labute approximate surface area is 181 Å². The second kappa shape index (κ2) is 8.71. The lowest BCUT2D eigenvalue weighted by Crippen LogP contribution is -2.34. The number of fused-ring (bicyclic) bond motifs is 1. The van der Waals surface area contributed by atoms with Gasteiger partial charge in [-0.15, -0.1) is 0 Å². The maximum Gasteiger partial charge on any atom is 0.308 e. The minimum Gasteiger partial charge on any atom is -0.452 e. The van der Waals surface area contributed by atoms with Gasteiger partial charge in [0, 0.05) is 12.2 Å². The van der Waals surface area contributed by atoms with Gasteiger partial charge in [0.25, 0.3) is 17.7 Å². The highest BCUT2D eigenvalue weighted by Crippen LogP contribution is 2.24. The van der Waals surface area contributed by atoms with Crippen molar-refractivity contribution in [3.05, 3.63) is 63.7 Å². The number of benzene rings is 2. The van der Waals surface area contributed by atoms with Crippen LogP contribution in [-0.4, -0.2) is 41.2 Å². The normalized spacial score (nSPS) is 13.8. The van der Waals surface area contributed by atoms with Gasteiger partial charge in [0.2, 0.25) is 0 Å². The number of carbonyl (C=O) groups is 4. The predicted octanol–water partition coefficient (Wildman–Crippen LogP) is 3.48. The van der Waals surface area contributed by atoms with Gasteiger partial charge in [0.15, 0.2) is 6.10 Å². The Kier molecular flexibility index (Phi) is 6.24. The molecule has 31 heavy (non-hydrogen) atoms. The number of esters is 1. The number of imide groups is 1. The number of aryl methyl sites for hydroxylation is 4. The molecule has 3 rings (SSSR count). The minimum absolute atomic E-state index is 0.102. The summed E-state index contributed by atoms with van der Waals surface area (Å²) < 4.78 is 5.21. The molecule has 1 N–H and O–H groups in total. The van der Waals surface area contributed by atoms with Crippen LogP contribution in [0.25, 0.3) is 0 Å². The standard InChI is InChI=1S/C24H26N2O5/c1-13-6-7-18-19(12-13)24(30)26(23(18)29)9-8-20(27)31-17(5)22(28)25-21-15(3)10-14(2)11-16(21)4/h6-7,10-12,17H,8-9H2,1-5H3,(H,25,28). The van der Waals surface area contributed by atoms with Crippen LogP contribution < -0.4 is 5.32 Å². The van der Waals surface area contributed by atoms with Gasteiger partial charge in [-0.1, -0.05) is 29.3 Å². The molecule has 3 amide bonds. The number of hydrogen-bond acceptors (Lipinski definition) is 5. The van der Waals surface area contributed by atoms with Crippen LogP contribution in [0, 0.1) is 27.7 Å². The number of hydrogen-bond donors (Lipinski definition) is 1. The summed E-state index contributed by atoms with van der Waals surface area (Å²) in [5.41, 5.74) is 5.18. The van der Waals surface area contributed by atoms with Crippen molar-refractivity contribution in [1.29, 1.82) is 0 Å². The molecule has 1 atom stereocenters. The van der Waals surface area contributed by atoms with Crippen molar-refractivity contribution in [2.24, 2.45) is 0 Å². The van der Waals surface area contributed by atoms with Crippen LogP contribution in [0.1, 0.15) is 56.3 Å². The zero-order valence-corrected chi connectivity index (χ0v) is 18.4. The van der Waals surface area contributed by atoms with E-state index >= 15 is 0 Å². The summed E-state index contributed by atoms with van der Waals surface area (Å²) in [5, 5.41) is 2.80. The van der Waals surface area contributed by atoms with Crippen molar-refractivity contribution in [3.63, 3.8) is 0 Å². The average molecular weight is 422 g/mol. The molecule has 162 valence electrons. The van der Waals surface area contributed by atoms with Crippen LogP contribution >= 0.6 is 0 Å². The number of rotatable bonds is 6. The summed E-state index contributed by atoms with van der Waals surface area (Å²) in [6.07, 6.45) is -1.21. The van der Waals surface area contributed by atoms with Crippen molar-refractivity contribution in [1.82, 2.24) is 4.90 Å². The van der Waals surface area contributed by atoms with Crippen LogP contribution in [0.5, 0.6) is 0 Å². The molecular formula is C24H26N2O5. The molecule has 1 heterocycles. The fourth-order valence-electron chi connectivity index (χ4n) is 3.72. The molecule has 0 bridgehead atoms. The zero-order chi connectivity index (χ0) is 22.9. The summed E-state index contributed by atoms with van der Waals surface area (Å²) in [7, 11) is 0. The Bertz CT molecular complexity index is 1070. The Hall–Kier alpha value is -3.48. The molecule has 0 radical (unpaired) electrons. The SMILES string of the molecule is Cc1cc(C)c(NC(=O)C(C)OC(=O)CCN2C(=O)c3ccc(C)cc3C2=O)c(C)c1. The quantitative estimate of drug-likeness (QED) is 0.568.